The number of ether oxygens (including phenoxy) is 1. The van der Waals surface area contributed by atoms with Gasteiger partial charge in [0.15, 0.2) is 0 Å². The van der Waals surface area contributed by atoms with Crippen LogP contribution in [0.4, 0.5) is 5.82 Å². The second-order valence-corrected chi connectivity index (χ2v) is 4.05. The standard InChI is InChI=1S/C11H15ClN2O/c1-9-8-14(4-5-15-9)11-6-10(7-12)2-3-13-11/h2-3,6,9H,4-5,7-8H2,1H3. The maximum atomic E-state index is 5.80. The third-order valence-electron chi connectivity index (χ3n) is 2.53. The van der Waals surface area contributed by atoms with Crippen molar-refractivity contribution in [1.29, 1.82) is 0 Å². The number of rotatable bonds is 2. The minimum atomic E-state index is 0.278. The normalized spacial score (nSPS) is 21.7. The van der Waals surface area contributed by atoms with Crippen molar-refractivity contribution in [3.8, 4) is 0 Å². The SMILES string of the molecule is CC1CN(c2cc(CCl)ccn2)CCO1. The molecule has 1 aromatic heterocycles. The van der Waals surface area contributed by atoms with E-state index in [-0.39, 0.29) is 6.10 Å². The van der Waals surface area contributed by atoms with Crippen LogP contribution < -0.4 is 4.90 Å². The Morgan fingerprint density at radius 1 is 1.67 bits per heavy atom. The molecule has 0 spiro atoms. The molecule has 1 saturated heterocycles. The molecule has 0 amide bonds. The van der Waals surface area contributed by atoms with Gasteiger partial charge >= 0.3 is 0 Å². The van der Waals surface area contributed by atoms with Gasteiger partial charge in [-0.05, 0) is 24.6 Å². The van der Waals surface area contributed by atoms with Gasteiger partial charge in [-0.3, -0.25) is 0 Å². The number of alkyl halides is 1. The summed E-state index contributed by atoms with van der Waals surface area (Å²) in [5.41, 5.74) is 1.11. The number of hydrogen-bond donors (Lipinski definition) is 0. The minimum absolute atomic E-state index is 0.278. The smallest absolute Gasteiger partial charge is 0.128 e. The lowest BCUT2D eigenvalue weighted by Gasteiger charge is -2.32. The average Bonchev–Trinajstić information content (AvgIpc) is 2.29. The molecule has 0 aliphatic carbocycles. The van der Waals surface area contributed by atoms with E-state index in [1.54, 1.807) is 0 Å². The molecule has 0 N–H and O–H groups in total. The van der Waals surface area contributed by atoms with Gasteiger partial charge in [0, 0.05) is 25.2 Å². The average molecular weight is 227 g/mol. The molecule has 0 saturated carbocycles. The molecule has 0 radical (unpaired) electrons. The van der Waals surface area contributed by atoms with Gasteiger partial charge in [-0.1, -0.05) is 0 Å². The van der Waals surface area contributed by atoms with E-state index in [0.717, 1.165) is 31.1 Å². The van der Waals surface area contributed by atoms with Crippen LogP contribution in [0.15, 0.2) is 18.3 Å². The summed E-state index contributed by atoms with van der Waals surface area (Å²) >= 11 is 5.80. The summed E-state index contributed by atoms with van der Waals surface area (Å²) < 4.78 is 5.49. The van der Waals surface area contributed by atoms with Crippen LogP contribution in [0, 0.1) is 0 Å². The first kappa shape index (κ1) is 10.7. The van der Waals surface area contributed by atoms with E-state index in [0.29, 0.717) is 5.88 Å². The molecule has 82 valence electrons. The minimum Gasteiger partial charge on any atom is -0.375 e. The molecule has 0 aromatic carbocycles. The zero-order valence-electron chi connectivity index (χ0n) is 8.82. The van der Waals surface area contributed by atoms with E-state index in [1.807, 2.05) is 18.3 Å². The van der Waals surface area contributed by atoms with Crippen LogP contribution in [-0.2, 0) is 10.6 Å². The molecule has 0 bridgehead atoms. The van der Waals surface area contributed by atoms with Crippen molar-refractivity contribution in [2.75, 3.05) is 24.6 Å². The van der Waals surface area contributed by atoms with Crippen LogP contribution in [-0.4, -0.2) is 30.8 Å². The highest BCUT2D eigenvalue weighted by Crippen LogP contribution is 2.17. The Morgan fingerprint density at radius 2 is 2.53 bits per heavy atom. The van der Waals surface area contributed by atoms with Crippen LogP contribution in [0.5, 0.6) is 0 Å². The van der Waals surface area contributed by atoms with Gasteiger partial charge in [0.05, 0.1) is 12.7 Å². The van der Waals surface area contributed by atoms with Crippen LogP contribution in [0.25, 0.3) is 0 Å². The van der Waals surface area contributed by atoms with Crippen LogP contribution >= 0.6 is 11.6 Å². The summed E-state index contributed by atoms with van der Waals surface area (Å²) in [6.07, 6.45) is 2.09. The highest BCUT2D eigenvalue weighted by atomic mass is 35.5. The fourth-order valence-electron chi connectivity index (χ4n) is 1.74. The highest BCUT2D eigenvalue weighted by Gasteiger charge is 2.17. The van der Waals surface area contributed by atoms with E-state index in [4.69, 9.17) is 16.3 Å². The number of pyridine rings is 1. The summed E-state index contributed by atoms with van der Waals surface area (Å²) in [5, 5.41) is 0. The predicted molar refractivity (Wildman–Crippen MR) is 61.4 cm³/mol. The monoisotopic (exact) mass is 226 g/mol. The lowest BCUT2D eigenvalue weighted by molar-refractivity contribution is 0.0529. The lowest BCUT2D eigenvalue weighted by atomic mass is 10.2. The van der Waals surface area contributed by atoms with Crippen molar-refractivity contribution in [3.63, 3.8) is 0 Å². The van der Waals surface area contributed by atoms with Gasteiger partial charge in [0.25, 0.3) is 0 Å². The third kappa shape index (κ3) is 2.61. The third-order valence-corrected chi connectivity index (χ3v) is 2.84. The second-order valence-electron chi connectivity index (χ2n) is 3.78. The second kappa shape index (κ2) is 4.81. The maximum absolute atomic E-state index is 5.80. The van der Waals surface area contributed by atoms with E-state index < -0.39 is 0 Å². The molecule has 2 heterocycles. The molecule has 1 aliphatic heterocycles. The number of aromatic nitrogens is 1. The quantitative estimate of drug-likeness (QED) is 0.722. The van der Waals surface area contributed by atoms with Crippen LogP contribution in [0.3, 0.4) is 0 Å². The molecule has 1 unspecified atom stereocenters. The van der Waals surface area contributed by atoms with Crippen molar-refractivity contribution < 1.29 is 4.74 Å². The van der Waals surface area contributed by atoms with E-state index in [2.05, 4.69) is 16.8 Å². The molecular formula is C11H15ClN2O. The summed E-state index contributed by atoms with van der Waals surface area (Å²) in [4.78, 5) is 6.60. The molecule has 3 nitrogen and oxygen atoms in total. The van der Waals surface area contributed by atoms with Gasteiger partial charge in [-0.2, -0.15) is 0 Å². The number of halogens is 1. The first-order valence-corrected chi connectivity index (χ1v) is 5.70. The van der Waals surface area contributed by atoms with Gasteiger partial charge in [-0.15, -0.1) is 11.6 Å². The first-order valence-electron chi connectivity index (χ1n) is 5.17. The summed E-state index contributed by atoms with van der Waals surface area (Å²) in [6.45, 7) is 4.66. The van der Waals surface area contributed by atoms with E-state index >= 15 is 0 Å². The molecule has 1 atom stereocenters. The maximum Gasteiger partial charge on any atom is 0.128 e. The Hall–Kier alpha value is -0.800. The number of hydrogen-bond acceptors (Lipinski definition) is 3. The van der Waals surface area contributed by atoms with Crippen molar-refractivity contribution in [1.82, 2.24) is 4.98 Å². The fraction of sp³-hybridized carbons (Fsp3) is 0.545. The van der Waals surface area contributed by atoms with Crippen molar-refractivity contribution in [2.45, 2.75) is 18.9 Å². The predicted octanol–water partition coefficient (Wildman–Crippen LogP) is 2.05. The molecule has 1 aromatic rings. The Balaban J connectivity index is 2.13. The Morgan fingerprint density at radius 3 is 3.27 bits per heavy atom. The van der Waals surface area contributed by atoms with Crippen LogP contribution in [0.2, 0.25) is 0 Å². The number of nitrogens with zero attached hydrogens (tertiary/aromatic N) is 2. The number of anilines is 1. The molecule has 2 rings (SSSR count). The van der Waals surface area contributed by atoms with E-state index in [1.165, 1.54) is 0 Å². The molecule has 1 aliphatic rings. The van der Waals surface area contributed by atoms with Gasteiger partial charge in [-0.25, -0.2) is 4.98 Å². The first-order chi connectivity index (χ1) is 7.29. The fourth-order valence-corrected chi connectivity index (χ4v) is 1.91. The molecular weight excluding hydrogens is 212 g/mol. The largest absolute Gasteiger partial charge is 0.375 e. The van der Waals surface area contributed by atoms with Gasteiger partial charge in [0.1, 0.15) is 5.82 Å². The lowest BCUT2D eigenvalue weighted by Crippen LogP contribution is -2.41. The van der Waals surface area contributed by atoms with Crippen molar-refractivity contribution in [3.05, 3.63) is 23.9 Å². The Kier molecular flexibility index (Phi) is 3.44. The number of morpholine rings is 1. The van der Waals surface area contributed by atoms with Gasteiger partial charge in [0.2, 0.25) is 0 Å². The van der Waals surface area contributed by atoms with Crippen LogP contribution in [0.1, 0.15) is 12.5 Å². The molecule has 4 heteroatoms. The highest BCUT2D eigenvalue weighted by molar-refractivity contribution is 6.17. The topological polar surface area (TPSA) is 25.4 Å². The zero-order chi connectivity index (χ0) is 10.7. The van der Waals surface area contributed by atoms with Crippen molar-refractivity contribution in [2.24, 2.45) is 0 Å². The molecule has 1 fully saturated rings. The molecule has 15 heavy (non-hydrogen) atoms. The Bertz CT molecular complexity index is 332. The van der Waals surface area contributed by atoms with E-state index in [9.17, 15) is 0 Å². The van der Waals surface area contributed by atoms with Crippen molar-refractivity contribution >= 4 is 17.4 Å². The summed E-state index contributed by atoms with van der Waals surface area (Å²) in [6, 6.07) is 3.99. The summed E-state index contributed by atoms with van der Waals surface area (Å²) in [7, 11) is 0. The Labute approximate surface area is 95.0 Å². The zero-order valence-corrected chi connectivity index (χ0v) is 9.57. The summed E-state index contributed by atoms with van der Waals surface area (Å²) in [5.74, 6) is 1.54. The van der Waals surface area contributed by atoms with Gasteiger partial charge < -0.3 is 9.64 Å².